The van der Waals surface area contributed by atoms with Gasteiger partial charge in [-0.15, -0.1) is 0 Å². The molecule has 0 spiro atoms. The highest BCUT2D eigenvalue weighted by atomic mass is 35.5. The lowest BCUT2D eigenvalue weighted by molar-refractivity contribution is -0.140. The summed E-state index contributed by atoms with van der Waals surface area (Å²) in [6.07, 6.45) is 0.150. The zero-order valence-electron chi connectivity index (χ0n) is 26.9. The molecule has 0 aliphatic heterocycles. The average molecular weight is 715 g/mol. The second kappa shape index (κ2) is 15.1. The van der Waals surface area contributed by atoms with E-state index in [9.17, 15) is 18.0 Å². The summed E-state index contributed by atoms with van der Waals surface area (Å²) >= 11 is 19.6. The predicted molar refractivity (Wildman–Crippen MR) is 191 cm³/mol. The van der Waals surface area contributed by atoms with Crippen molar-refractivity contribution in [3.63, 3.8) is 0 Å². The first-order valence-electron chi connectivity index (χ1n) is 15.0. The maximum Gasteiger partial charge on any atom is 0.264 e. The van der Waals surface area contributed by atoms with Gasteiger partial charge in [0.2, 0.25) is 11.8 Å². The first-order valence-corrected chi connectivity index (χ1v) is 17.6. The van der Waals surface area contributed by atoms with Gasteiger partial charge in [0.15, 0.2) is 0 Å². The van der Waals surface area contributed by atoms with Gasteiger partial charge in [-0.05, 0) is 82.1 Å². The van der Waals surface area contributed by atoms with E-state index in [-0.39, 0.29) is 23.5 Å². The molecule has 0 fully saturated rings. The van der Waals surface area contributed by atoms with E-state index < -0.39 is 40.0 Å². The first-order chi connectivity index (χ1) is 22.1. The number of hydrogen-bond acceptors (Lipinski definition) is 4. The summed E-state index contributed by atoms with van der Waals surface area (Å²) in [5.74, 6) is -1.05. The second-order valence-corrected chi connectivity index (χ2v) is 15.5. The number of hydrogen-bond donors (Lipinski definition) is 1. The van der Waals surface area contributed by atoms with Crippen molar-refractivity contribution in [3.05, 3.63) is 128 Å². The van der Waals surface area contributed by atoms with Gasteiger partial charge in [-0.25, -0.2) is 8.42 Å². The first kappa shape index (κ1) is 36.3. The lowest BCUT2D eigenvalue weighted by Crippen LogP contribution is -2.56. The molecular formula is C36H38Cl3N3O4S. The van der Waals surface area contributed by atoms with Crippen LogP contribution >= 0.6 is 34.8 Å². The molecule has 248 valence electrons. The number of carbonyl (C=O) groups is 2. The van der Waals surface area contributed by atoms with E-state index in [0.717, 1.165) is 15.4 Å². The molecule has 0 radical (unpaired) electrons. The van der Waals surface area contributed by atoms with Crippen molar-refractivity contribution in [3.8, 4) is 0 Å². The van der Waals surface area contributed by atoms with Crippen LogP contribution in [0.2, 0.25) is 15.1 Å². The number of nitrogens with zero attached hydrogens (tertiary/aromatic N) is 2. The third-order valence-corrected chi connectivity index (χ3v) is 10.4. The molecule has 0 saturated heterocycles. The Morgan fingerprint density at radius 2 is 1.36 bits per heavy atom. The molecule has 0 saturated carbocycles. The van der Waals surface area contributed by atoms with Crippen molar-refractivity contribution in [2.45, 2.75) is 64.1 Å². The summed E-state index contributed by atoms with van der Waals surface area (Å²) in [5.41, 5.74) is 2.20. The Labute approximate surface area is 292 Å². The van der Waals surface area contributed by atoms with Crippen LogP contribution in [0, 0.1) is 13.8 Å². The smallest absolute Gasteiger partial charge is 0.264 e. The van der Waals surface area contributed by atoms with Crippen LogP contribution in [-0.2, 0) is 32.6 Å². The molecule has 0 bridgehead atoms. The Bertz CT molecular complexity index is 1820. The Kier molecular flexibility index (Phi) is 11.7. The molecule has 1 N–H and O–H groups in total. The van der Waals surface area contributed by atoms with Gasteiger partial charge in [0.25, 0.3) is 10.0 Å². The average Bonchev–Trinajstić information content (AvgIpc) is 3.00. The van der Waals surface area contributed by atoms with Crippen molar-refractivity contribution in [1.29, 1.82) is 0 Å². The van der Waals surface area contributed by atoms with Crippen LogP contribution in [0.25, 0.3) is 0 Å². The Hall–Kier alpha value is -3.56. The normalized spacial score (nSPS) is 12.3. The van der Waals surface area contributed by atoms with E-state index in [1.807, 2.05) is 58.0 Å². The molecule has 2 amide bonds. The van der Waals surface area contributed by atoms with Crippen molar-refractivity contribution in [2.75, 3.05) is 10.8 Å². The molecule has 0 heterocycles. The van der Waals surface area contributed by atoms with Crippen LogP contribution in [-0.4, -0.2) is 43.3 Å². The van der Waals surface area contributed by atoms with Gasteiger partial charge in [-0.3, -0.25) is 13.9 Å². The molecule has 4 aromatic rings. The number of benzene rings is 4. The van der Waals surface area contributed by atoms with Crippen LogP contribution in [0.1, 0.15) is 43.0 Å². The predicted octanol–water partition coefficient (Wildman–Crippen LogP) is 8.01. The molecule has 11 heteroatoms. The maximum absolute atomic E-state index is 14.7. The summed E-state index contributed by atoms with van der Waals surface area (Å²) in [7, 11) is -4.29. The Morgan fingerprint density at radius 1 is 0.787 bits per heavy atom. The van der Waals surface area contributed by atoms with Gasteiger partial charge in [0, 0.05) is 39.1 Å². The zero-order chi connectivity index (χ0) is 34.5. The zero-order valence-corrected chi connectivity index (χ0v) is 30.0. The fourth-order valence-corrected chi connectivity index (χ4v) is 7.24. The highest BCUT2D eigenvalue weighted by Gasteiger charge is 2.36. The molecule has 4 rings (SSSR count). The number of amides is 2. The minimum atomic E-state index is -4.29. The highest BCUT2D eigenvalue weighted by molar-refractivity contribution is 7.92. The standard InChI is InChI=1S/C36H38Cl3N3O4S/c1-24-17-19-27(20-18-24)47(45,46)42(32-16-10-13-29(37)25(32)2)23-34(43)41(22-28-30(38)14-9-15-31(28)39)33(35(44)40-36(3,4)5)21-26-11-7-6-8-12-26/h6-20,33H,21-23H2,1-5H3,(H,40,44)/t33-/m1/s1. The van der Waals surface area contributed by atoms with Gasteiger partial charge < -0.3 is 10.2 Å². The quantitative estimate of drug-likeness (QED) is 0.171. The summed E-state index contributed by atoms with van der Waals surface area (Å²) in [4.78, 5) is 30.1. The van der Waals surface area contributed by atoms with Gasteiger partial charge in [0.1, 0.15) is 12.6 Å². The molecule has 0 unspecified atom stereocenters. The second-order valence-electron chi connectivity index (χ2n) is 12.4. The van der Waals surface area contributed by atoms with E-state index in [2.05, 4.69) is 5.32 Å². The largest absolute Gasteiger partial charge is 0.350 e. The van der Waals surface area contributed by atoms with E-state index in [1.54, 1.807) is 55.5 Å². The van der Waals surface area contributed by atoms with E-state index >= 15 is 0 Å². The van der Waals surface area contributed by atoms with E-state index in [4.69, 9.17) is 34.8 Å². The van der Waals surface area contributed by atoms with Crippen molar-refractivity contribution >= 4 is 62.3 Å². The number of anilines is 1. The molecule has 47 heavy (non-hydrogen) atoms. The van der Waals surface area contributed by atoms with E-state index in [0.29, 0.717) is 26.2 Å². The Balaban J connectivity index is 1.88. The SMILES string of the molecule is Cc1ccc(S(=O)(=O)N(CC(=O)N(Cc2c(Cl)cccc2Cl)[C@H](Cc2ccccc2)C(=O)NC(C)(C)C)c2cccc(Cl)c2C)cc1. The van der Waals surface area contributed by atoms with Crippen molar-refractivity contribution < 1.29 is 18.0 Å². The van der Waals surface area contributed by atoms with Crippen LogP contribution < -0.4 is 9.62 Å². The fraction of sp³-hybridized carbons (Fsp3) is 0.278. The van der Waals surface area contributed by atoms with Crippen LogP contribution in [0.3, 0.4) is 0 Å². The number of sulfonamides is 1. The summed E-state index contributed by atoms with van der Waals surface area (Å²) in [6, 6.07) is 24.5. The van der Waals surface area contributed by atoms with Crippen LogP contribution in [0.15, 0.2) is 95.9 Å². The summed E-state index contributed by atoms with van der Waals surface area (Å²) in [5, 5.41) is 3.95. The number of halogens is 3. The topological polar surface area (TPSA) is 86.8 Å². The van der Waals surface area contributed by atoms with E-state index in [1.165, 1.54) is 17.0 Å². The van der Waals surface area contributed by atoms with Gasteiger partial charge in [-0.2, -0.15) is 0 Å². The number of nitrogens with one attached hydrogen (secondary N) is 1. The highest BCUT2D eigenvalue weighted by Crippen LogP contribution is 2.32. The van der Waals surface area contributed by atoms with Crippen molar-refractivity contribution in [2.24, 2.45) is 0 Å². The molecule has 4 aromatic carbocycles. The number of rotatable bonds is 11. The molecule has 0 aliphatic rings. The lowest BCUT2D eigenvalue weighted by atomic mass is 10.0. The minimum absolute atomic E-state index is 0.00212. The minimum Gasteiger partial charge on any atom is -0.350 e. The molecule has 7 nitrogen and oxygen atoms in total. The van der Waals surface area contributed by atoms with Crippen molar-refractivity contribution in [1.82, 2.24) is 10.2 Å². The fourth-order valence-electron chi connectivity index (χ4n) is 5.08. The third-order valence-electron chi connectivity index (χ3n) is 7.56. The molecular weight excluding hydrogens is 677 g/mol. The van der Waals surface area contributed by atoms with Crippen LogP contribution in [0.5, 0.6) is 0 Å². The molecule has 0 aromatic heterocycles. The number of aryl methyl sites for hydroxylation is 1. The summed E-state index contributed by atoms with van der Waals surface area (Å²) < 4.78 is 29.7. The van der Waals surface area contributed by atoms with Gasteiger partial charge in [0.05, 0.1) is 10.6 Å². The van der Waals surface area contributed by atoms with Gasteiger partial charge >= 0.3 is 0 Å². The van der Waals surface area contributed by atoms with Gasteiger partial charge in [-0.1, -0.05) is 95.0 Å². The molecule has 1 atom stereocenters. The molecule has 0 aliphatic carbocycles. The Morgan fingerprint density at radius 3 is 1.96 bits per heavy atom. The third kappa shape index (κ3) is 9.08. The van der Waals surface area contributed by atoms with Crippen LogP contribution in [0.4, 0.5) is 5.69 Å². The lowest BCUT2D eigenvalue weighted by Gasteiger charge is -2.36. The summed E-state index contributed by atoms with van der Waals surface area (Å²) in [6.45, 7) is 8.30. The number of carbonyl (C=O) groups excluding carboxylic acids is 2. The maximum atomic E-state index is 14.7. The monoisotopic (exact) mass is 713 g/mol.